The highest BCUT2D eigenvalue weighted by molar-refractivity contribution is 6.30. The number of ether oxygens (including phenoxy) is 1. The lowest BCUT2D eigenvalue weighted by atomic mass is 10.2. The van der Waals surface area contributed by atoms with Crippen LogP contribution in [0.3, 0.4) is 0 Å². The van der Waals surface area contributed by atoms with Crippen molar-refractivity contribution in [3.05, 3.63) is 29.3 Å². The first kappa shape index (κ1) is 19.2. The number of carbonyl (C=O) groups excluding carboxylic acids is 3. The molecule has 0 saturated carbocycles. The molecule has 0 bridgehead atoms. The maximum absolute atomic E-state index is 12.1. The van der Waals surface area contributed by atoms with Gasteiger partial charge in [-0.05, 0) is 24.3 Å². The first-order chi connectivity index (χ1) is 12.0. The second kappa shape index (κ2) is 9.39. The van der Waals surface area contributed by atoms with Gasteiger partial charge in [0, 0.05) is 43.7 Å². The number of benzene rings is 1. The lowest BCUT2D eigenvalue weighted by molar-refractivity contribution is -0.139. The van der Waals surface area contributed by atoms with Gasteiger partial charge in [0.25, 0.3) is 0 Å². The largest absolute Gasteiger partial charge is 0.378 e. The van der Waals surface area contributed by atoms with E-state index in [0.29, 0.717) is 37.0 Å². The van der Waals surface area contributed by atoms with Gasteiger partial charge in [0.1, 0.15) is 0 Å². The molecule has 1 fully saturated rings. The van der Waals surface area contributed by atoms with E-state index < -0.39 is 0 Å². The Morgan fingerprint density at radius 3 is 2.44 bits per heavy atom. The summed E-state index contributed by atoms with van der Waals surface area (Å²) in [7, 11) is 1.54. The molecule has 1 heterocycles. The quantitative estimate of drug-likeness (QED) is 0.823. The molecule has 0 atom stereocenters. The molecule has 1 aliphatic heterocycles. The lowest BCUT2D eigenvalue weighted by Crippen LogP contribution is -2.41. The Balaban J connectivity index is 1.72. The van der Waals surface area contributed by atoms with Crippen LogP contribution in [0.25, 0.3) is 0 Å². The van der Waals surface area contributed by atoms with Crippen molar-refractivity contribution in [1.29, 1.82) is 0 Å². The highest BCUT2D eigenvalue weighted by Crippen LogP contribution is 2.13. The van der Waals surface area contributed by atoms with Gasteiger partial charge in [0.2, 0.25) is 17.7 Å². The van der Waals surface area contributed by atoms with Gasteiger partial charge in [0.05, 0.1) is 19.8 Å². The van der Waals surface area contributed by atoms with Gasteiger partial charge in [-0.15, -0.1) is 0 Å². The van der Waals surface area contributed by atoms with Gasteiger partial charge in [-0.3, -0.25) is 14.4 Å². The van der Waals surface area contributed by atoms with Crippen LogP contribution >= 0.6 is 11.6 Å². The van der Waals surface area contributed by atoms with Crippen LogP contribution in [0.4, 0.5) is 5.69 Å². The van der Waals surface area contributed by atoms with E-state index in [4.69, 9.17) is 16.3 Å². The highest BCUT2D eigenvalue weighted by atomic mass is 35.5. The van der Waals surface area contributed by atoms with Gasteiger partial charge in [-0.25, -0.2) is 0 Å². The third-order valence-electron chi connectivity index (χ3n) is 3.85. The van der Waals surface area contributed by atoms with E-state index in [1.54, 1.807) is 36.2 Å². The molecule has 0 spiro atoms. The third kappa shape index (κ3) is 6.36. The number of morpholine rings is 1. The smallest absolute Gasteiger partial charge is 0.243 e. The van der Waals surface area contributed by atoms with Crippen molar-refractivity contribution in [2.24, 2.45) is 0 Å². The van der Waals surface area contributed by atoms with Gasteiger partial charge < -0.3 is 19.9 Å². The Kier molecular flexibility index (Phi) is 7.21. The molecule has 1 saturated heterocycles. The minimum Gasteiger partial charge on any atom is -0.378 e. The van der Waals surface area contributed by atoms with E-state index in [9.17, 15) is 14.4 Å². The van der Waals surface area contributed by atoms with Crippen LogP contribution in [0, 0.1) is 0 Å². The highest BCUT2D eigenvalue weighted by Gasteiger charge is 2.19. The first-order valence-electron chi connectivity index (χ1n) is 8.10. The fourth-order valence-electron chi connectivity index (χ4n) is 2.41. The summed E-state index contributed by atoms with van der Waals surface area (Å²) < 4.78 is 5.19. The van der Waals surface area contributed by atoms with Crippen molar-refractivity contribution in [2.45, 2.75) is 12.8 Å². The van der Waals surface area contributed by atoms with E-state index >= 15 is 0 Å². The van der Waals surface area contributed by atoms with Crippen LogP contribution in [-0.4, -0.2) is 67.4 Å². The number of hydrogen-bond acceptors (Lipinski definition) is 4. The van der Waals surface area contributed by atoms with Crippen molar-refractivity contribution in [3.63, 3.8) is 0 Å². The van der Waals surface area contributed by atoms with E-state index in [0.717, 1.165) is 0 Å². The number of carbonyl (C=O) groups is 3. The van der Waals surface area contributed by atoms with E-state index in [-0.39, 0.29) is 37.1 Å². The Morgan fingerprint density at radius 1 is 1.16 bits per heavy atom. The van der Waals surface area contributed by atoms with Crippen molar-refractivity contribution in [2.75, 3.05) is 45.2 Å². The average molecular weight is 368 g/mol. The summed E-state index contributed by atoms with van der Waals surface area (Å²) in [6, 6.07) is 6.71. The number of amides is 3. The maximum Gasteiger partial charge on any atom is 0.243 e. The second-order valence-corrected chi connectivity index (χ2v) is 6.23. The Bertz CT molecular complexity index is 615. The van der Waals surface area contributed by atoms with Crippen LogP contribution < -0.4 is 5.32 Å². The summed E-state index contributed by atoms with van der Waals surface area (Å²) in [5, 5.41) is 3.27. The SMILES string of the molecule is CN(CC(=O)Nc1ccc(Cl)cc1)C(=O)CCC(=O)N1CCOCC1. The number of nitrogens with zero attached hydrogens (tertiary/aromatic N) is 2. The number of nitrogens with one attached hydrogen (secondary N) is 1. The molecular weight excluding hydrogens is 346 g/mol. The Labute approximate surface area is 151 Å². The topological polar surface area (TPSA) is 79.0 Å². The minimum absolute atomic E-state index is 0.0596. The molecule has 0 radical (unpaired) electrons. The maximum atomic E-state index is 12.1. The van der Waals surface area contributed by atoms with Crippen molar-refractivity contribution in [1.82, 2.24) is 9.80 Å². The molecule has 0 aliphatic carbocycles. The molecule has 3 amide bonds. The molecule has 1 N–H and O–H groups in total. The summed E-state index contributed by atoms with van der Waals surface area (Å²) >= 11 is 5.79. The average Bonchev–Trinajstić information content (AvgIpc) is 2.62. The van der Waals surface area contributed by atoms with Gasteiger partial charge >= 0.3 is 0 Å². The van der Waals surface area contributed by atoms with Crippen molar-refractivity contribution < 1.29 is 19.1 Å². The molecular formula is C17H22ClN3O4. The number of likely N-dealkylation sites (N-methyl/N-ethyl adjacent to an activating group) is 1. The molecule has 136 valence electrons. The van der Waals surface area contributed by atoms with Crippen molar-refractivity contribution >= 4 is 35.0 Å². The molecule has 8 heteroatoms. The lowest BCUT2D eigenvalue weighted by Gasteiger charge is -2.27. The number of anilines is 1. The van der Waals surface area contributed by atoms with E-state index in [1.807, 2.05) is 0 Å². The zero-order valence-corrected chi connectivity index (χ0v) is 14.9. The third-order valence-corrected chi connectivity index (χ3v) is 4.10. The monoisotopic (exact) mass is 367 g/mol. The van der Waals surface area contributed by atoms with Gasteiger partial charge in [0.15, 0.2) is 0 Å². The van der Waals surface area contributed by atoms with Crippen LogP contribution in [-0.2, 0) is 19.1 Å². The fraction of sp³-hybridized carbons (Fsp3) is 0.471. The standard InChI is InChI=1S/C17H22ClN3O4/c1-20(12-15(22)19-14-4-2-13(18)3-5-14)16(23)6-7-17(24)21-8-10-25-11-9-21/h2-5H,6-12H2,1H3,(H,19,22). The molecule has 2 rings (SSSR count). The first-order valence-corrected chi connectivity index (χ1v) is 8.48. The fourth-order valence-corrected chi connectivity index (χ4v) is 2.54. The van der Waals surface area contributed by atoms with Crippen molar-refractivity contribution in [3.8, 4) is 0 Å². The van der Waals surface area contributed by atoms with E-state index in [1.165, 1.54) is 4.90 Å². The zero-order chi connectivity index (χ0) is 18.2. The molecule has 0 unspecified atom stereocenters. The molecule has 1 aromatic carbocycles. The number of rotatable bonds is 6. The summed E-state index contributed by atoms with van der Waals surface area (Å²) in [6.45, 7) is 2.11. The number of hydrogen-bond donors (Lipinski definition) is 1. The Hall–Kier alpha value is -2.12. The van der Waals surface area contributed by atoms with Crippen LogP contribution in [0.1, 0.15) is 12.8 Å². The van der Waals surface area contributed by atoms with Crippen LogP contribution in [0.5, 0.6) is 0 Å². The zero-order valence-electron chi connectivity index (χ0n) is 14.2. The Morgan fingerprint density at radius 2 is 1.80 bits per heavy atom. The van der Waals surface area contributed by atoms with Gasteiger partial charge in [-0.2, -0.15) is 0 Å². The van der Waals surface area contributed by atoms with Crippen LogP contribution in [0.2, 0.25) is 5.02 Å². The predicted octanol–water partition coefficient (Wildman–Crippen LogP) is 1.38. The molecule has 1 aromatic rings. The predicted molar refractivity (Wildman–Crippen MR) is 94.4 cm³/mol. The summed E-state index contributed by atoms with van der Waals surface area (Å²) in [5.74, 6) is -0.610. The molecule has 7 nitrogen and oxygen atoms in total. The van der Waals surface area contributed by atoms with Gasteiger partial charge in [-0.1, -0.05) is 11.6 Å². The summed E-state index contributed by atoms with van der Waals surface area (Å²) in [6.07, 6.45) is 0.225. The number of halogens is 1. The summed E-state index contributed by atoms with van der Waals surface area (Å²) in [4.78, 5) is 39.1. The molecule has 25 heavy (non-hydrogen) atoms. The minimum atomic E-state index is -0.308. The summed E-state index contributed by atoms with van der Waals surface area (Å²) in [5.41, 5.74) is 0.609. The second-order valence-electron chi connectivity index (χ2n) is 5.80. The van der Waals surface area contributed by atoms with E-state index in [2.05, 4.69) is 5.32 Å². The normalized spacial score (nSPS) is 14.1. The molecule has 1 aliphatic rings. The molecule has 0 aromatic heterocycles. The van der Waals surface area contributed by atoms with Crippen LogP contribution in [0.15, 0.2) is 24.3 Å².